The van der Waals surface area contributed by atoms with E-state index in [0.717, 1.165) is 40.2 Å². The number of hydrogen-bond acceptors (Lipinski definition) is 12. The standard InChI is InChI=1S/C56H72ClN7O8S/c1-33(2)51(69)71-42-28-44(49(67)61-34(3)36-15-17-37(18-16-36)46-35(4)60-32-73-46)64(30-42)50(68)47(54(5,6)7)62-45(65)31-70-26-14-12-13-25-59-40-22-19-38(20-23-40)48(66)63-52-55(8,9)53(56(52,10)11)72-41-24-21-39(29-58)43(57)27-41/h15-24,27,32-34,42,44,47,52-53,59H,12-14,25-26,28,30-31H2,1-11H3,(H,61,67)(H,62,65)(H,63,66)/t34-,42+,44?,47+,52?,53?/m0/s1. The van der Waals surface area contributed by atoms with Crippen LogP contribution in [0.15, 0.2) is 72.2 Å². The molecule has 0 bridgehead atoms. The summed E-state index contributed by atoms with van der Waals surface area (Å²) in [5.41, 5.74) is 5.00. The van der Waals surface area contributed by atoms with E-state index in [1.165, 1.54) is 4.90 Å². The van der Waals surface area contributed by atoms with Gasteiger partial charge in [-0.3, -0.25) is 24.0 Å². The van der Waals surface area contributed by atoms with Gasteiger partial charge in [0.15, 0.2) is 0 Å². The van der Waals surface area contributed by atoms with Crippen LogP contribution in [0, 0.1) is 40.4 Å². The van der Waals surface area contributed by atoms with Crippen molar-refractivity contribution in [1.82, 2.24) is 25.8 Å². The molecule has 4 amide bonds. The Labute approximate surface area is 439 Å². The molecule has 2 fully saturated rings. The Balaban J connectivity index is 0.930. The van der Waals surface area contributed by atoms with Crippen molar-refractivity contribution in [3.8, 4) is 22.3 Å². The average molecular weight is 1040 g/mol. The fourth-order valence-corrected chi connectivity index (χ4v) is 11.1. The zero-order chi connectivity index (χ0) is 53.4. The van der Waals surface area contributed by atoms with Crippen LogP contribution in [0.3, 0.4) is 0 Å². The second-order valence-corrected chi connectivity index (χ2v) is 23.1. The summed E-state index contributed by atoms with van der Waals surface area (Å²) in [7, 11) is 0. The van der Waals surface area contributed by atoms with Gasteiger partial charge >= 0.3 is 5.97 Å². The van der Waals surface area contributed by atoms with E-state index in [4.69, 9.17) is 25.8 Å². The summed E-state index contributed by atoms with van der Waals surface area (Å²) in [5.74, 6) is -1.67. The van der Waals surface area contributed by atoms with Gasteiger partial charge in [-0.15, -0.1) is 11.3 Å². The Morgan fingerprint density at radius 1 is 0.932 bits per heavy atom. The molecule has 2 heterocycles. The first-order chi connectivity index (χ1) is 34.4. The molecule has 1 aliphatic carbocycles. The zero-order valence-corrected chi connectivity index (χ0v) is 45.6. The molecule has 4 aromatic rings. The maximum Gasteiger partial charge on any atom is 0.308 e. The lowest BCUT2D eigenvalue weighted by Crippen LogP contribution is -2.74. The van der Waals surface area contributed by atoms with Crippen LogP contribution in [0.5, 0.6) is 5.75 Å². The topological polar surface area (TPSA) is 201 Å². The Hall–Kier alpha value is -6.02. The van der Waals surface area contributed by atoms with Crippen molar-refractivity contribution in [2.75, 3.05) is 31.6 Å². The molecule has 1 aromatic heterocycles. The zero-order valence-electron chi connectivity index (χ0n) is 44.0. The van der Waals surface area contributed by atoms with Crippen molar-refractivity contribution in [1.29, 1.82) is 5.26 Å². The Morgan fingerprint density at radius 2 is 1.62 bits per heavy atom. The molecule has 2 aliphatic rings. The summed E-state index contributed by atoms with van der Waals surface area (Å²) in [6, 6.07) is 19.9. The van der Waals surface area contributed by atoms with Crippen LogP contribution in [0.2, 0.25) is 5.02 Å². The van der Waals surface area contributed by atoms with Crippen molar-refractivity contribution in [3.05, 3.63) is 99.6 Å². The Morgan fingerprint density at radius 3 is 2.22 bits per heavy atom. The summed E-state index contributed by atoms with van der Waals surface area (Å²) in [6.45, 7) is 21.9. The Kier molecular flexibility index (Phi) is 18.4. The number of nitriles is 1. The number of benzene rings is 3. The highest BCUT2D eigenvalue weighted by Crippen LogP contribution is 2.55. The number of amides is 4. The number of unbranched alkanes of at least 4 members (excludes halogenated alkanes) is 2. The number of hydrogen-bond donors (Lipinski definition) is 4. The minimum absolute atomic E-state index is 0.0128. The normalized spacial score (nSPS) is 19.7. The highest BCUT2D eigenvalue weighted by Gasteiger charge is 2.64. The monoisotopic (exact) mass is 1040 g/mol. The molecule has 0 spiro atoms. The van der Waals surface area contributed by atoms with Crippen LogP contribution in [0.1, 0.15) is 128 Å². The number of rotatable bonds is 21. The molecule has 15 nitrogen and oxygen atoms in total. The quantitative estimate of drug-likeness (QED) is 0.0458. The van der Waals surface area contributed by atoms with E-state index in [2.05, 4.69) is 60.0 Å². The van der Waals surface area contributed by atoms with Gasteiger partial charge in [0.2, 0.25) is 17.7 Å². The largest absolute Gasteiger partial charge is 0.489 e. The number of carbonyl (C=O) groups excluding carboxylic acids is 5. The molecule has 4 N–H and O–H groups in total. The molecule has 1 saturated carbocycles. The molecule has 1 aliphatic heterocycles. The van der Waals surface area contributed by atoms with E-state index >= 15 is 0 Å². The van der Waals surface area contributed by atoms with Gasteiger partial charge in [0.1, 0.15) is 42.7 Å². The van der Waals surface area contributed by atoms with Gasteiger partial charge in [0, 0.05) is 53.8 Å². The number of anilines is 1. The van der Waals surface area contributed by atoms with Crippen molar-refractivity contribution in [2.24, 2.45) is 22.2 Å². The summed E-state index contributed by atoms with van der Waals surface area (Å²) in [6.07, 6.45) is 1.62. The lowest BCUT2D eigenvalue weighted by atomic mass is 9.49. The van der Waals surface area contributed by atoms with Crippen LogP contribution < -0.4 is 26.0 Å². The van der Waals surface area contributed by atoms with Crippen LogP contribution in [0.4, 0.5) is 5.69 Å². The van der Waals surface area contributed by atoms with Gasteiger partial charge in [-0.05, 0) is 86.1 Å². The number of likely N-dealkylation sites (tertiary alicyclic amines) is 1. The number of aromatic nitrogens is 1. The lowest BCUT2D eigenvalue weighted by Gasteiger charge is -2.63. The molecule has 1 saturated heterocycles. The number of ether oxygens (including phenoxy) is 3. The third-order valence-electron chi connectivity index (χ3n) is 13.9. The number of carbonyl (C=O) groups is 5. The van der Waals surface area contributed by atoms with Crippen molar-refractivity contribution < 1.29 is 38.2 Å². The van der Waals surface area contributed by atoms with E-state index in [1.807, 2.05) is 76.5 Å². The van der Waals surface area contributed by atoms with Crippen molar-refractivity contribution in [3.63, 3.8) is 0 Å². The fraction of sp³-hybridized carbons (Fsp3) is 0.518. The molecule has 1 unspecified atom stereocenters. The fourth-order valence-electron chi connectivity index (χ4n) is 10.0. The van der Waals surface area contributed by atoms with E-state index in [-0.39, 0.29) is 66.3 Å². The van der Waals surface area contributed by atoms with E-state index < -0.39 is 41.4 Å². The molecule has 3 aromatic carbocycles. The van der Waals surface area contributed by atoms with Crippen LogP contribution in [0.25, 0.3) is 10.4 Å². The minimum atomic E-state index is -0.995. The second kappa shape index (κ2) is 23.9. The summed E-state index contributed by atoms with van der Waals surface area (Å²) in [4.78, 5) is 74.7. The van der Waals surface area contributed by atoms with Gasteiger partial charge in [0.25, 0.3) is 5.91 Å². The van der Waals surface area contributed by atoms with E-state index in [0.29, 0.717) is 41.5 Å². The van der Waals surface area contributed by atoms with Gasteiger partial charge < -0.3 is 40.4 Å². The number of thiazole rings is 1. The number of halogens is 1. The van der Waals surface area contributed by atoms with E-state index in [9.17, 15) is 29.2 Å². The predicted octanol–water partition coefficient (Wildman–Crippen LogP) is 9.43. The minimum Gasteiger partial charge on any atom is -0.489 e. The molecule has 73 heavy (non-hydrogen) atoms. The van der Waals surface area contributed by atoms with Crippen LogP contribution in [-0.2, 0) is 28.7 Å². The second-order valence-electron chi connectivity index (χ2n) is 21.9. The molecule has 6 rings (SSSR count). The summed E-state index contributed by atoms with van der Waals surface area (Å²) >= 11 is 7.82. The molecular formula is C56H72ClN7O8S. The van der Waals surface area contributed by atoms with Gasteiger partial charge in [-0.25, -0.2) is 4.98 Å². The molecular weight excluding hydrogens is 966 g/mol. The number of nitrogens with one attached hydrogen (secondary N) is 4. The summed E-state index contributed by atoms with van der Waals surface area (Å²) in [5, 5.41) is 22.1. The third-order valence-corrected chi connectivity index (χ3v) is 15.2. The first-order valence-electron chi connectivity index (χ1n) is 25.1. The van der Waals surface area contributed by atoms with Gasteiger partial charge in [-0.1, -0.05) is 98.2 Å². The van der Waals surface area contributed by atoms with Gasteiger partial charge in [0.05, 0.1) is 45.2 Å². The van der Waals surface area contributed by atoms with E-state index in [1.54, 1.807) is 55.5 Å². The predicted molar refractivity (Wildman–Crippen MR) is 284 cm³/mol. The Bertz CT molecular complexity index is 2620. The van der Waals surface area contributed by atoms with Crippen LogP contribution >= 0.6 is 22.9 Å². The SMILES string of the molecule is Cc1ncsc1-c1ccc([C@H](C)NC(=O)C2C[C@@H](OC(=O)C(C)C)CN2C(=O)[C@@H](NC(=O)COCCCCCNc2ccc(C(=O)NC3C(C)(C)C(Oc4ccc(C#N)c(Cl)c4)C3(C)C)cc2)C(C)(C)C)cc1. The maximum absolute atomic E-state index is 14.4. The highest BCUT2D eigenvalue weighted by atomic mass is 35.5. The lowest BCUT2D eigenvalue weighted by molar-refractivity contribution is -0.164. The highest BCUT2D eigenvalue weighted by molar-refractivity contribution is 7.13. The van der Waals surface area contributed by atoms with Gasteiger partial charge in [-0.2, -0.15) is 5.26 Å². The number of esters is 1. The number of aryl methyl sites for hydroxylation is 1. The van der Waals surface area contributed by atoms with Crippen LogP contribution in [-0.4, -0.2) is 96.1 Å². The maximum atomic E-state index is 14.4. The first-order valence-corrected chi connectivity index (χ1v) is 26.4. The van der Waals surface area contributed by atoms with Crippen molar-refractivity contribution in [2.45, 2.75) is 138 Å². The van der Waals surface area contributed by atoms with Crippen molar-refractivity contribution >= 4 is 58.2 Å². The average Bonchev–Trinajstić information content (AvgIpc) is 3.98. The molecule has 392 valence electrons. The smallest absolute Gasteiger partial charge is 0.308 e. The number of nitrogens with zero attached hydrogens (tertiary/aromatic N) is 3. The molecule has 0 radical (unpaired) electrons. The third kappa shape index (κ3) is 13.8. The summed E-state index contributed by atoms with van der Waals surface area (Å²) < 4.78 is 17.9. The molecule has 17 heteroatoms. The first kappa shape index (κ1) is 56.3. The molecule has 4 atom stereocenters.